The summed E-state index contributed by atoms with van der Waals surface area (Å²) in [5.41, 5.74) is 1.15. The molecule has 0 radical (unpaired) electrons. The smallest absolute Gasteiger partial charge is 0.278 e. The zero-order chi connectivity index (χ0) is 21.5. The van der Waals surface area contributed by atoms with Crippen LogP contribution in [0.3, 0.4) is 0 Å². The lowest BCUT2D eigenvalue weighted by Crippen LogP contribution is -2.35. The van der Waals surface area contributed by atoms with Crippen LogP contribution in [0.4, 0.5) is 0 Å². The number of nitrogens with zero attached hydrogens (tertiary/aromatic N) is 2. The van der Waals surface area contributed by atoms with Gasteiger partial charge < -0.3 is 14.5 Å². The van der Waals surface area contributed by atoms with Gasteiger partial charge in [-0.15, -0.1) is 0 Å². The maximum atomic E-state index is 13.0. The van der Waals surface area contributed by atoms with Crippen molar-refractivity contribution in [3.05, 3.63) is 59.7 Å². The lowest BCUT2D eigenvalue weighted by molar-refractivity contribution is -0.123. The number of amides is 2. The largest absolute Gasteiger partial charge is 0.497 e. The molecule has 2 amide bonds. The fourth-order valence-electron chi connectivity index (χ4n) is 2.75. The number of carbonyl (C=O) groups excluding carboxylic acids is 2. The second kappa shape index (κ2) is 10.2. The average molecular weight is 428 g/mol. The van der Waals surface area contributed by atoms with Gasteiger partial charge in [-0.25, -0.2) is 4.99 Å². The first-order valence-corrected chi connectivity index (χ1v) is 10.7. The summed E-state index contributed by atoms with van der Waals surface area (Å²) in [5, 5.41) is 3.41. The van der Waals surface area contributed by atoms with Gasteiger partial charge in [0.15, 0.2) is 5.17 Å². The van der Waals surface area contributed by atoms with Gasteiger partial charge in [-0.2, -0.15) is 0 Å². The summed E-state index contributed by atoms with van der Waals surface area (Å²) >= 11 is 1.24. The third-order valence-electron chi connectivity index (χ3n) is 4.58. The molecule has 1 unspecified atom stereocenters. The fraction of sp³-hybridized carbons (Fsp3) is 0.318. The summed E-state index contributed by atoms with van der Waals surface area (Å²) in [6.07, 6.45) is 4.15. The van der Waals surface area contributed by atoms with E-state index in [-0.39, 0.29) is 30.2 Å². The van der Waals surface area contributed by atoms with Gasteiger partial charge >= 0.3 is 0 Å². The number of aliphatic imine (C=N–C) groups is 1. The van der Waals surface area contributed by atoms with E-state index in [1.807, 2.05) is 38.1 Å². The van der Waals surface area contributed by atoms with Gasteiger partial charge in [0.25, 0.3) is 5.91 Å². The highest BCUT2D eigenvalue weighted by atomic mass is 32.2. The first-order chi connectivity index (χ1) is 14.5. The molecular weight excluding hydrogens is 402 g/mol. The van der Waals surface area contributed by atoms with Crippen molar-refractivity contribution in [1.29, 1.82) is 0 Å². The van der Waals surface area contributed by atoms with Crippen LogP contribution in [-0.4, -0.2) is 40.8 Å². The Labute approximate surface area is 180 Å². The molecule has 3 rings (SSSR count). The Hall–Kier alpha value is -3.00. The third-order valence-corrected chi connectivity index (χ3v) is 5.55. The van der Waals surface area contributed by atoms with Crippen LogP contribution in [0.15, 0.2) is 57.8 Å². The molecule has 1 aromatic carbocycles. The molecular formula is C22H25N3O4S. The molecule has 7 nitrogen and oxygen atoms in total. The Balaban J connectivity index is 1.78. The van der Waals surface area contributed by atoms with E-state index in [1.165, 1.54) is 16.7 Å². The second-order valence-electron chi connectivity index (χ2n) is 6.83. The molecule has 0 saturated carbocycles. The lowest BCUT2D eigenvalue weighted by Gasteiger charge is -2.16. The van der Waals surface area contributed by atoms with E-state index < -0.39 is 0 Å². The minimum atomic E-state index is -0.230. The Bertz CT molecular complexity index is 936. The minimum Gasteiger partial charge on any atom is -0.497 e. The Morgan fingerprint density at radius 1 is 1.33 bits per heavy atom. The highest BCUT2D eigenvalue weighted by Crippen LogP contribution is 2.26. The number of rotatable bonds is 8. The topological polar surface area (TPSA) is 84.1 Å². The maximum absolute atomic E-state index is 13.0. The number of ether oxygens (including phenoxy) is 1. The fourth-order valence-corrected chi connectivity index (χ4v) is 3.55. The number of thioether (sulfide) groups is 1. The highest BCUT2D eigenvalue weighted by Gasteiger charge is 2.31. The summed E-state index contributed by atoms with van der Waals surface area (Å²) < 4.78 is 10.6. The predicted molar refractivity (Wildman–Crippen MR) is 118 cm³/mol. The van der Waals surface area contributed by atoms with Crippen molar-refractivity contribution in [3.63, 3.8) is 0 Å². The third kappa shape index (κ3) is 5.54. The van der Waals surface area contributed by atoms with Crippen molar-refractivity contribution in [2.24, 2.45) is 4.99 Å². The molecule has 0 saturated heterocycles. The van der Waals surface area contributed by atoms with E-state index in [9.17, 15) is 9.59 Å². The predicted octanol–water partition coefficient (Wildman–Crippen LogP) is 3.68. The van der Waals surface area contributed by atoms with Crippen LogP contribution in [0, 0.1) is 0 Å². The summed E-state index contributed by atoms with van der Waals surface area (Å²) in [4.78, 5) is 31.2. The number of methoxy groups -OCH3 is 1. The zero-order valence-electron chi connectivity index (χ0n) is 17.3. The van der Waals surface area contributed by atoms with Crippen LogP contribution in [-0.2, 0) is 16.1 Å². The van der Waals surface area contributed by atoms with Gasteiger partial charge in [0, 0.05) is 6.04 Å². The molecule has 2 heterocycles. The Morgan fingerprint density at radius 3 is 2.73 bits per heavy atom. The van der Waals surface area contributed by atoms with E-state index in [4.69, 9.17) is 9.15 Å². The number of hydrogen-bond donors (Lipinski definition) is 1. The molecule has 1 aromatic heterocycles. The minimum absolute atomic E-state index is 0.0879. The first kappa shape index (κ1) is 21.7. The zero-order valence-corrected chi connectivity index (χ0v) is 18.1. The summed E-state index contributed by atoms with van der Waals surface area (Å²) in [6.45, 7) is 4.22. The van der Waals surface area contributed by atoms with E-state index >= 15 is 0 Å². The van der Waals surface area contributed by atoms with E-state index in [2.05, 4.69) is 10.3 Å². The molecule has 1 aliphatic rings. The molecule has 0 aliphatic carbocycles. The first-order valence-electron chi connectivity index (χ1n) is 9.71. The average Bonchev–Trinajstić information content (AvgIpc) is 3.36. The van der Waals surface area contributed by atoms with Crippen molar-refractivity contribution in [2.45, 2.75) is 32.9 Å². The van der Waals surface area contributed by atoms with E-state index in [0.717, 1.165) is 17.7 Å². The SMILES string of the molecule is CCC(C)NC(=O)CSC1=NC(=Cc2ccc(OC)cc2)C(=O)N1Cc1ccco1. The normalized spacial score (nSPS) is 16.0. The summed E-state index contributed by atoms with van der Waals surface area (Å²) in [5.74, 6) is 1.25. The summed E-state index contributed by atoms with van der Waals surface area (Å²) in [7, 11) is 1.60. The standard InChI is InChI=1S/C22H25N3O4S/c1-4-15(2)23-20(26)14-30-22-24-19(12-16-7-9-17(28-3)10-8-16)21(27)25(22)13-18-6-5-11-29-18/h5-12,15H,4,13-14H2,1-3H3,(H,23,26). The van der Waals surface area contributed by atoms with Crippen LogP contribution in [0.5, 0.6) is 5.75 Å². The maximum Gasteiger partial charge on any atom is 0.278 e. The monoisotopic (exact) mass is 427 g/mol. The van der Waals surface area contributed by atoms with Gasteiger partial charge in [-0.3, -0.25) is 14.5 Å². The Kier molecular flexibility index (Phi) is 7.35. The Morgan fingerprint density at radius 2 is 2.10 bits per heavy atom. The number of nitrogens with one attached hydrogen (secondary N) is 1. The van der Waals surface area contributed by atoms with Gasteiger partial charge in [0.1, 0.15) is 17.2 Å². The molecule has 0 fully saturated rings. The van der Waals surface area contributed by atoms with Gasteiger partial charge in [-0.1, -0.05) is 30.8 Å². The van der Waals surface area contributed by atoms with Crippen molar-refractivity contribution < 1.29 is 18.7 Å². The second-order valence-corrected chi connectivity index (χ2v) is 7.78. The molecule has 2 aromatic rings. The van der Waals surface area contributed by atoms with Crippen LogP contribution < -0.4 is 10.1 Å². The number of carbonyl (C=O) groups is 2. The van der Waals surface area contributed by atoms with E-state index in [0.29, 0.717) is 16.6 Å². The van der Waals surface area contributed by atoms with Crippen LogP contribution in [0.25, 0.3) is 6.08 Å². The van der Waals surface area contributed by atoms with Crippen LogP contribution in [0.1, 0.15) is 31.6 Å². The molecule has 8 heteroatoms. The molecule has 1 aliphatic heterocycles. The van der Waals surface area contributed by atoms with Crippen LogP contribution in [0.2, 0.25) is 0 Å². The molecule has 0 spiro atoms. The molecule has 1 atom stereocenters. The number of furan rings is 1. The lowest BCUT2D eigenvalue weighted by atomic mass is 10.2. The summed E-state index contributed by atoms with van der Waals surface area (Å²) in [6, 6.07) is 11.0. The van der Waals surface area contributed by atoms with Gasteiger partial charge in [0.05, 0.1) is 25.7 Å². The highest BCUT2D eigenvalue weighted by molar-refractivity contribution is 8.14. The molecule has 1 N–H and O–H groups in total. The quantitative estimate of drug-likeness (QED) is 0.650. The molecule has 158 valence electrons. The van der Waals surface area contributed by atoms with Crippen LogP contribution >= 0.6 is 11.8 Å². The van der Waals surface area contributed by atoms with Crippen molar-refractivity contribution in [2.75, 3.05) is 12.9 Å². The number of hydrogen-bond acceptors (Lipinski definition) is 6. The molecule has 0 bridgehead atoms. The van der Waals surface area contributed by atoms with Gasteiger partial charge in [0.2, 0.25) is 5.91 Å². The molecule has 30 heavy (non-hydrogen) atoms. The number of amidine groups is 1. The number of benzene rings is 1. The van der Waals surface area contributed by atoms with Crippen molar-refractivity contribution in [1.82, 2.24) is 10.2 Å². The van der Waals surface area contributed by atoms with E-state index in [1.54, 1.807) is 31.6 Å². The van der Waals surface area contributed by atoms with Crippen molar-refractivity contribution in [3.8, 4) is 5.75 Å². The van der Waals surface area contributed by atoms with Crippen molar-refractivity contribution >= 4 is 34.8 Å². The van der Waals surface area contributed by atoms with Gasteiger partial charge in [-0.05, 0) is 49.2 Å².